The highest BCUT2D eigenvalue weighted by Gasteiger charge is 2.29. The van der Waals surface area contributed by atoms with Crippen LogP contribution in [-0.2, 0) is 17.1 Å². The van der Waals surface area contributed by atoms with E-state index in [4.69, 9.17) is 0 Å². The van der Waals surface area contributed by atoms with Crippen molar-refractivity contribution in [3.8, 4) is 10.6 Å². The Morgan fingerprint density at radius 1 is 1.25 bits per heavy atom. The van der Waals surface area contributed by atoms with Gasteiger partial charge in [-0.2, -0.15) is 5.10 Å². The summed E-state index contributed by atoms with van der Waals surface area (Å²) in [5.41, 5.74) is 2.18. The third-order valence-corrected chi connectivity index (χ3v) is 6.48. The third-order valence-electron chi connectivity index (χ3n) is 3.69. The predicted octanol–water partition coefficient (Wildman–Crippen LogP) is 3.67. The van der Waals surface area contributed by atoms with Crippen LogP contribution >= 0.6 is 11.3 Å². The second-order valence-electron chi connectivity index (χ2n) is 5.50. The zero-order chi connectivity index (χ0) is 17.3. The minimum Gasteiger partial charge on any atom is -0.274 e. The van der Waals surface area contributed by atoms with E-state index in [2.05, 4.69) is 5.10 Å². The van der Waals surface area contributed by atoms with Crippen molar-refractivity contribution in [2.75, 3.05) is 10.8 Å². The standard InChI is InChI=1S/C17H19N3O2S2/c1-4-20(14-8-5-7-13(2)11-14)24(21,22)16-12-19(3)18-17(16)15-9-6-10-23-15/h5-12H,4H2,1-3H3. The minimum absolute atomic E-state index is 0.232. The fourth-order valence-corrected chi connectivity index (χ4v) is 5.07. The Hall–Kier alpha value is -2.12. The molecule has 0 amide bonds. The van der Waals surface area contributed by atoms with Crippen LogP contribution in [0.1, 0.15) is 12.5 Å². The van der Waals surface area contributed by atoms with E-state index in [9.17, 15) is 8.42 Å². The fraction of sp³-hybridized carbons (Fsp3) is 0.235. The van der Waals surface area contributed by atoms with Gasteiger partial charge in [0.2, 0.25) is 0 Å². The lowest BCUT2D eigenvalue weighted by atomic mass is 10.2. The summed E-state index contributed by atoms with van der Waals surface area (Å²) in [5.74, 6) is 0. The molecule has 2 heterocycles. The van der Waals surface area contributed by atoms with Gasteiger partial charge in [0, 0.05) is 19.8 Å². The van der Waals surface area contributed by atoms with Crippen LogP contribution in [0.3, 0.4) is 0 Å². The van der Waals surface area contributed by atoms with Gasteiger partial charge in [0.15, 0.2) is 0 Å². The number of aryl methyl sites for hydroxylation is 2. The lowest BCUT2D eigenvalue weighted by Gasteiger charge is -2.23. The van der Waals surface area contributed by atoms with Crippen molar-refractivity contribution in [1.29, 1.82) is 0 Å². The van der Waals surface area contributed by atoms with Gasteiger partial charge in [-0.05, 0) is 43.0 Å². The molecule has 0 atom stereocenters. The number of hydrogen-bond acceptors (Lipinski definition) is 4. The van der Waals surface area contributed by atoms with Crippen LogP contribution in [0.4, 0.5) is 5.69 Å². The second kappa shape index (κ2) is 6.41. The molecule has 0 aliphatic rings. The Morgan fingerprint density at radius 2 is 2.04 bits per heavy atom. The largest absolute Gasteiger partial charge is 0.274 e. The third kappa shape index (κ3) is 2.97. The molecule has 0 spiro atoms. The van der Waals surface area contributed by atoms with Gasteiger partial charge in [-0.1, -0.05) is 18.2 Å². The Morgan fingerprint density at radius 3 is 2.67 bits per heavy atom. The SMILES string of the molecule is CCN(c1cccc(C)c1)S(=O)(=O)c1cn(C)nc1-c1cccs1. The molecule has 2 aromatic heterocycles. The van der Waals surface area contributed by atoms with Crippen LogP contribution in [0, 0.1) is 6.92 Å². The van der Waals surface area contributed by atoms with E-state index in [1.54, 1.807) is 17.9 Å². The van der Waals surface area contributed by atoms with Gasteiger partial charge in [0.1, 0.15) is 10.6 Å². The first-order valence-corrected chi connectivity index (χ1v) is 9.92. The van der Waals surface area contributed by atoms with Gasteiger partial charge in [-0.15, -0.1) is 11.3 Å². The molecule has 1 aromatic carbocycles. The number of sulfonamides is 1. The average molecular weight is 361 g/mol. The summed E-state index contributed by atoms with van der Waals surface area (Å²) in [6.07, 6.45) is 1.57. The lowest BCUT2D eigenvalue weighted by Crippen LogP contribution is -2.31. The van der Waals surface area contributed by atoms with Crippen molar-refractivity contribution in [2.45, 2.75) is 18.7 Å². The van der Waals surface area contributed by atoms with E-state index in [1.807, 2.05) is 55.6 Å². The summed E-state index contributed by atoms with van der Waals surface area (Å²) in [7, 11) is -1.96. The average Bonchev–Trinajstić information content (AvgIpc) is 3.17. The highest BCUT2D eigenvalue weighted by Crippen LogP contribution is 2.33. The molecule has 5 nitrogen and oxygen atoms in total. The Balaban J connectivity index is 2.14. The lowest BCUT2D eigenvalue weighted by molar-refractivity contribution is 0.592. The summed E-state index contributed by atoms with van der Waals surface area (Å²) in [4.78, 5) is 1.07. The molecule has 0 aliphatic carbocycles. The molecule has 0 saturated carbocycles. The molecule has 0 fully saturated rings. The van der Waals surface area contributed by atoms with Gasteiger partial charge in [-0.25, -0.2) is 8.42 Å². The summed E-state index contributed by atoms with van der Waals surface area (Å²) < 4.78 is 29.5. The van der Waals surface area contributed by atoms with Crippen LogP contribution in [0.15, 0.2) is 52.9 Å². The van der Waals surface area contributed by atoms with E-state index < -0.39 is 10.0 Å². The number of hydrogen-bond donors (Lipinski definition) is 0. The Labute approximate surface area is 146 Å². The van der Waals surface area contributed by atoms with Crippen molar-refractivity contribution in [2.24, 2.45) is 7.05 Å². The highest BCUT2D eigenvalue weighted by atomic mass is 32.2. The highest BCUT2D eigenvalue weighted by molar-refractivity contribution is 7.93. The molecule has 126 valence electrons. The number of rotatable bonds is 5. The van der Waals surface area contributed by atoms with Gasteiger partial charge in [-0.3, -0.25) is 8.99 Å². The molecule has 3 aromatic rings. The molecule has 0 N–H and O–H groups in total. The van der Waals surface area contributed by atoms with Crippen molar-refractivity contribution in [1.82, 2.24) is 9.78 Å². The molecule has 0 aliphatic heterocycles. The summed E-state index contributed by atoms with van der Waals surface area (Å²) >= 11 is 1.48. The normalized spacial score (nSPS) is 11.6. The molecule has 3 rings (SSSR count). The zero-order valence-electron chi connectivity index (χ0n) is 13.8. The first-order valence-electron chi connectivity index (χ1n) is 7.60. The van der Waals surface area contributed by atoms with Crippen LogP contribution in [-0.4, -0.2) is 24.7 Å². The van der Waals surface area contributed by atoms with Crippen molar-refractivity contribution in [3.63, 3.8) is 0 Å². The molecular weight excluding hydrogens is 342 g/mol. The molecule has 0 saturated heterocycles. The summed E-state index contributed by atoms with van der Waals surface area (Å²) in [6, 6.07) is 11.3. The van der Waals surface area contributed by atoms with Crippen LogP contribution in [0.2, 0.25) is 0 Å². The summed E-state index contributed by atoms with van der Waals surface area (Å²) in [6.45, 7) is 4.14. The predicted molar refractivity (Wildman–Crippen MR) is 97.9 cm³/mol. The van der Waals surface area contributed by atoms with Gasteiger partial charge in [0.25, 0.3) is 10.0 Å². The van der Waals surface area contributed by atoms with Crippen molar-refractivity contribution in [3.05, 3.63) is 53.5 Å². The van der Waals surface area contributed by atoms with Crippen molar-refractivity contribution < 1.29 is 8.42 Å². The van der Waals surface area contributed by atoms with E-state index in [0.717, 1.165) is 10.4 Å². The first kappa shape index (κ1) is 16.7. The van der Waals surface area contributed by atoms with Gasteiger partial charge < -0.3 is 0 Å². The zero-order valence-corrected chi connectivity index (χ0v) is 15.4. The molecule has 0 unspecified atom stereocenters. The number of anilines is 1. The van der Waals surface area contributed by atoms with Crippen LogP contribution in [0.5, 0.6) is 0 Å². The number of nitrogens with zero attached hydrogens (tertiary/aromatic N) is 3. The first-order chi connectivity index (χ1) is 11.4. The molecule has 0 radical (unpaired) electrons. The van der Waals surface area contributed by atoms with Gasteiger partial charge >= 0.3 is 0 Å². The summed E-state index contributed by atoms with van der Waals surface area (Å²) in [5, 5.41) is 6.28. The fourth-order valence-electron chi connectivity index (χ4n) is 2.63. The second-order valence-corrected chi connectivity index (χ2v) is 8.28. The molecule has 24 heavy (non-hydrogen) atoms. The number of benzene rings is 1. The minimum atomic E-state index is -3.70. The van der Waals surface area contributed by atoms with E-state index in [-0.39, 0.29) is 4.90 Å². The number of aromatic nitrogens is 2. The maximum Gasteiger partial charge on any atom is 0.268 e. The monoisotopic (exact) mass is 361 g/mol. The smallest absolute Gasteiger partial charge is 0.268 e. The van der Waals surface area contributed by atoms with Gasteiger partial charge in [0.05, 0.1) is 10.6 Å². The van der Waals surface area contributed by atoms with Crippen LogP contribution < -0.4 is 4.31 Å². The Bertz CT molecular complexity index is 944. The topological polar surface area (TPSA) is 55.2 Å². The van der Waals surface area contributed by atoms with E-state index >= 15 is 0 Å². The number of thiophene rings is 1. The maximum absolute atomic E-state index is 13.3. The maximum atomic E-state index is 13.3. The molecule has 0 bridgehead atoms. The van der Waals surface area contributed by atoms with Crippen LogP contribution in [0.25, 0.3) is 10.6 Å². The molecule has 7 heteroatoms. The van der Waals surface area contributed by atoms with Crippen molar-refractivity contribution >= 4 is 27.0 Å². The molecular formula is C17H19N3O2S2. The van der Waals surface area contributed by atoms with E-state index in [0.29, 0.717) is 17.9 Å². The van der Waals surface area contributed by atoms with E-state index in [1.165, 1.54) is 15.6 Å². The quantitative estimate of drug-likeness (QED) is 0.697. The Kier molecular flexibility index (Phi) is 4.47.